The van der Waals surface area contributed by atoms with Crippen LogP contribution in [0.15, 0.2) is 11.2 Å². The van der Waals surface area contributed by atoms with E-state index in [1.165, 1.54) is 17.6 Å². The van der Waals surface area contributed by atoms with Crippen molar-refractivity contribution in [1.82, 2.24) is 19.8 Å². The van der Waals surface area contributed by atoms with Crippen molar-refractivity contribution < 1.29 is 17.9 Å². The number of ether oxygens (including phenoxy) is 2. The van der Waals surface area contributed by atoms with Crippen LogP contribution in [0.3, 0.4) is 0 Å². The first-order chi connectivity index (χ1) is 9.98. The molecule has 1 unspecified atom stereocenters. The molecule has 0 saturated carbocycles. The van der Waals surface area contributed by atoms with Crippen molar-refractivity contribution in [2.45, 2.75) is 24.5 Å². The van der Waals surface area contributed by atoms with Crippen LogP contribution in [0.25, 0.3) is 0 Å². The van der Waals surface area contributed by atoms with Gasteiger partial charge in [-0.05, 0) is 14.0 Å². The summed E-state index contributed by atoms with van der Waals surface area (Å²) >= 11 is 0. The van der Waals surface area contributed by atoms with E-state index in [1.807, 2.05) is 0 Å². The lowest BCUT2D eigenvalue weighted by Gasteiger charge is -2.27. The van der Waals surface area contributed by atoms with Crippen LogP contribution in [-0.4, -0.2) is 70.0 Å². The maximum Gasteiger partial charge on any atom is 0.260 e. The zero-order valence-electron chi connectivity index (χ0n) is 12.9. The number of sulfonamides is 1. The van der Waals surface area contributed by atoms with Crippen LogP contribution in [0, 0.1) is 0 Å². The van der Waals surface area contributed by atoms with Crippen LogP contribution in [-0.2, 0) is 26.0 Å². The number of H-pyrrole nitrogens is 1. The van der Waals surface area contributed by atoms with Gasteiger partial charge in [0.05, 0.1) is 19.4 Å². The Balaban J connectivity index is 3.10. The normalized spacial score (nSPS) is 13.8. The second-order valence-corrected chi connectivity index (χ2v) is 6.50. The van der Waals surface area contributed by atoms with E-state index in [2.05, 4.69) is 15.5 Å². The number of methoxy groups -OCH3 is 2. The fraction of sp³-hybridized carbons (Fsp3) is 0.750. The molecule has 8 nitrogen and oxygen atoms in total. The zero-order chi connectivity index (χ0) is 15.9. The average molecular weight is 320 g/mol. The van der Waals surface area contributed by atoms with Gasteiger partial charge in [0.25, 0.3) is 10.0 Å². The van der Waals surface area contributed by atoms with Crippen LogP contribution in [0.4, 0.5) is 0 Å². The minimum Gasteiger partial charge on any atom is -0.383 e. The summed E-state index contributed by atoms with van der Waals surface area (Å²) in [5.74, 6) is 0. The van der Waals surface area contributed by atoms with Crippen molar-refractivity contribution >= 4 is 10.0 Å². The predicted octanol–water partition coefficient (Wildman–Crippen LogP) is -0.199. The van der Waals surface area contributed by atoms with Gasteiger partial charge in [0.2, 0.25) is 0 Å². The van der Waals surface area contributed by atoms with Gasteiger partial charge in [0.1, 0.15) is 0 Å². The van der Waals surface area contributed by atoms with Crippen molar-refractivity contribution in [3.05, 3.63) is 11.8 Å². The molecule has 1 atom stereocenters. The van der Waals surface area contributed by atoms with E-state index >= 15 is 0 Å². The zero-order valence-corrected chi connectivity index (χ0v) is 13.7. The molecule has 0 aromatic carbocycles. The lowest BCUT2D eigenvalue weighted by Crippen LogP contribution is -2.43. The lowest BCUT2D eigenvalue weighted by molar-refractivity contribution is 0.118. The standard InChI is InChI=1S/C12H24N4O4S/c1-10(9-20-4)16(5-6-19-3)21(17,18)12-11(7-13-2)8-14-15-12/h8,10,13H,5-7,9H2,1-4H3,(H,14,15). The van der Waals surface area contributed by atoms with Crippen LogP contribution < -0.4 is 5.32 Å². The first-order valence-electron chi connectivity index (χ1n) is 6.65. The molecule has 1 heterocycles. The Hall–Kier alpha value is -1.00. The third-order valence-electron chi connectivity index (χ3n) is 3.03. The highest BCUT2D eigenvalue weighted by Gasteiger charge is 2.32. The molecule has 0 saturated heterocycles. The first kappa shape index (κ1) is 18.1. The van der Waals surface area contributed by atoms with E-state index in [4.69, 9.17) is 9.47 Å². The third kappa shape index (κ3) is 4.48. The highest BCUT2D eigenvalue weighted by molar-refractivity contribution is 7.89. The molecule has 9 heteroatoms. The Morgan fingerprint density at radius 3 is 2.71 bits per heavy atom. The molecule has 21 heavy (non-hydrogen) atoms. The van der Waals surface area contributed by atoms with E-state index in [0.717, 1.165) is 0 Å². The van der Waals surface area contributed by atoms with Gasteiger partial charge in [0.15, 0.2) is 5.03 Å². The number of hydrogen-bond acceptors (Lipinski definition) is 6. The molecular formula is C12H24N4O4S. The van der Waals surface area contributed by atoms with Gasteiger partial charge in [-0.25, -0.2) is 8.42 Å². The minimum atomic E-state index is -3.69. The SMILES string of the molecule is CNCc1cn[nH]c1S(=O)(=O)N(CCOC)C(C)COC. The van der Waals surface area contributed by atoms with E-state index in [-0.39, 0.29) is 17.6 Å². The number of hydrogen-bond donors (Lipinski definition) is 2. The second kappa shape index (κ2) is 8.44. The Kier molecular flexibility index (Phi) is 7.26. The van der Waals surface area contributed by atoms with Gasteiger partial charge in [0, 0.05) is 38.9 Å². The predicted molar refractivity (Wildman–Crippen MR) is 78.5 cm³/mol. The molecule has 0 radical (unpaired) electrons. The maximum absolute atomic E-state index is 12.8. The summed E-state index contributed by atoms with van der Waals surface area (Å²) in [5, 5.41) is 9.46. The number of aromatic nitrogens is 2. The molecule has 0 bridgehead atoms. The summed E-state index contributed by atoms with van der Waals surface area (Å²) in [6.07, 6.45) is 1.51. The summed E-state index contributed by atoms with van der Waals surface area (Å²) in [5.41, 5.74) is 0.601. The van der Waals surface area contributed by atoms with Gasteiger partial charge >= 0.3 is 0 Å². The van der Waals surface area contributed by atoms with Gasteiger partial charge in [-0.3, -0.25) is 5.10 Å². The average Bonchev–Trinajstić information content (AvgIpc) is 2.89. The molecule has 0 amide bonds. The molecular weight excluding hydrogens is 296 g/mol. The summed E-state index contributed by atoms with van der Waals surface area (Å²) in [6.45, 7) is 3.08. The number of rotatable bonds is 10. The van der Waals surface area contributed by atoms with Gasteiger partial charge in [-0.1, -0.05) is 0 Å². The summed E-state index contributed by atoms with van der Waals surface area (Å²) in [4.78, 5) is 0. The molecule has 0 aliphatic rings. The first-order valence-corrected chi connectivity index (χ1v) is 8.09. The topological polar surface area (TPSA) is 96.5 Å². The van der Waals surface area contributed by atoms with E-state index in [0.29, 0.717) is 25.3 Å². The van der Waals surface area contributed by atoms with Crippen molar-refractivity contribution in [2.75, 3.05) is 41.0 Å². The summed E-state index contributed by atoms with van der Waals surface area (Å²) < 4.78 is 37.1. The minimum absolute atomic E-state index is 0.107. The van der Waals surface area contributed by atoms with Gasteiger partial charge in [-0.2, -0.15) is 9.40 Å². The Bertz CT molecular complexity index is 517. The quantitative estimate of drug-likeness (QED) is 0.620. The molecule has 1 aromatic heterocycles. The molecule has 0 aliphatic heterocycles. The van der Waals surface area contributed by atoms with Crippen molar-refractivity contribution in [3.8, 4) is 0 Å². The van der Waals surface area contributed by atoms with Crippen LogP contribution in [0.5, 0.6) is 0 Å². The number of nitrogens with one attached hydrogen (secondary N) is 2. The monoisotopic (exact) mass is 320 g/mol. The van der Waals surface area contributed by atoms with Crippen molar-refractivity contribution in [1.29, 1.82) is 0 Å². The maximum atomic E-state index is 12.8. The van der Waals surface area contributed by atoms with E-state index < -0.39 is 10.0 Å². The van der Waals surface area contributed by atoms with Crippen LogP contribution >= 0.6 is 0 Å². The number of aromatic amines is 1. The van der Waals surface area contributed by atoms with E-state index in [1.54, 1.807) is 21.1 Å². The summed E-state index contributed by atoms with van der Waals surface area (Å²) in [6, 6.07) is -0.305. The van der Waals surface area contributed by atoms with Gasteiger partial charge in [-0.15, -0.1) is 0 Å². The molecule has 1 rings (SSSR count). The third-order valence-corrected chi connectivity index (χ3v) is 5.06. The lowest BCUT2D eigenvalue weighted by atomic mass is 10.3. The molecule has 0 spiro atoms. The fourth-order valence-electron chi connectivity index (χ4n) is 2.04. The molecule has 0 aliphatic carbocycles. The van der Waals surface area contributed by atoms with Crippen molar-refractivity contribution in [3.63, 3.8) is 0 Å². The molecule has 1 aromatic rings. The van der Waals surface area contributed by atoms with Crippen LogP contribution in [0.2, 0.25) is 0 Å². The molecule has 0 fully saturated rings. The van der Waals surface area contributed by atoms with Crippen LogP contribution in [0.1, 0.15) is 12.5 Å². The summed E-state index contributed by atoms with van der Waals surface area (Å²) in [7, 11) is 1.14. The molecule has 122 valence electrons. The fourth-order valence-corrected chi connectivity index (χ4v) is 3.75. The Labute approximate surface area is 125 Å². The van der Waals surface area contributed by atoms with Gasteiger partial charge < -0.3 is 14.8 Å². The Morgan fingerprint density at radius 2 is 2.14 bits per heavy atom. The van der Waals surface area contributed by atoms with Crippen molar-refractivity contribution in [2.24, 2.45) is 0 Å². The Morgan fingerprint density at radius 1 is 1.43 bits per heavy atom. The second-order valence-electron chi connectivity index (χ2n) is 4.67. The smallest absolute Gasteiger partial charge is 0.260 e. The largest absolute Gasteiger partial charge is 0.383 e. The highest BCUT2D eigenvalue weighted by atomic mass is 32.2. The highest BCUT2D eigenvalue weighted by Crippen LogP contribution is 2.20. The molecule has 2 N–H and O–H groups in total. The number of nitrogens with zero attached hydrogens (tertiary/aromatic N) is 2. The van der Waals surface area contributed by atoms with E-state index in [9.17, 15) is 8.42 Å².